The second kappa shape index (κ2) is 6.32. The lowest BCUT2D eigenvalue weighted by Crippen LogP contribution is -2.42. The molecule has 0 radical (unpaired) electrons. The lowest BCUT2D eigenvalue weighted by Gasteiger charge is -2.31. The summed E-state index contributed by atoms with van der Waals surface area (Å²) in [5.74, 6) is -2.58. The number of rotatable bonds is 3. The second-order valence-corrected chi connectivity index (χ2v) is 6.13. The van der Waals surface area contributed by atoms with Crippen LogP contribution in [0.15, 0.2) is 4.42 Å². The van der Waals surface area contributed by atoms with E-state index in [0.717, 1.165) is 4.90 Å². The van der Waals surface area contributed by atoms with E-state index < -0.39 is 35.0 Å². The van der Waals surface area contributed by atoms with Crippen LogP contribution < -0.4 is 10.2 Å². The van der Waals surface area contributed by atoms with Crippen molar-refractivity contribution in [2.24, 2.45) is 5.41 Å². The van der Waals surface area contributed by atoms with Gasteiger partial charge in [0.1, 0.15) is 0 Å². The molecule has 2 saturated heterocycles. The van der Waals surface area contributed by atoms with Gasteiger partial charge in [-0.2, -0.15) is 18.2 Å². The maximum absolute atomic E-state index is 13.2. The van der Waals surface area contributed by atoms with Gasteiger partial charge in [0.2, 0.25) is 11.7 Å². The number of hydrogen-bond acceptors (Lipinski definition) is 6. The highest BCUT2D eigenvalue weighted by atomic mass is 19.4. The van der Waals surface area contributed by atoms with Crippen LogP contribution in [0.5, 0.6) is 0 Å². The maximum atomic E-state index is 13.2. The van der Waals surface area contributed by atoms with Crippen molar-refractivity contribution in [3.63, 3.8) is 0 Å². The largest absolute Gasteiger partial charge is 0.460 e. The van der Waals surface area contributed by atoms with Gasteiger partial charge in [0, 0.05) is 6.54 Å². The fraction of sp³-hybridized carbons (Fsp3) is 0.667. The van der Waals surface area contributed by atoms with Gasteiger partial charge in [-0.25, -0.2) is 4.79 Å². The van der Waals surface area contributed by atoms with E-state index in [2.05, 4.69) is 15.0 Å². The normalized spacial score (nSPS) is 20.3. The van der Waals surface area contributed by atoms with Crippen molar-refractivity contribution in [3.05, 3.63) is 11.5 Å². The van der Waals surface area contributed by atoms with Gasteiger partial charge in [0.05, 0.1) is 12.0 Å². The summed E-state index contributed by atoms with van der Waals surface area (Å²) >= 11 is 0. The summed E-state index contributed by atoms with van der Waals surface area (Å²) < 4.78 is 49.1. The maximum Gasteiger partial charge on any atom is 0.437 e. The molecule has 1 N–H and O–H groups in total. The first kappa shape index (κ1) is 17.7. The number of amides is 1. The Bertz CT molecular complexity index is 680. The highest BCUT2D eigenvalue weighted by Gasteiger charge is 2.50. The molecule has 0 atom stereocenters. The number of ether oxygens (including phenoxy) is 1. The minimum atomic E-state index is -4.89. The van der Waals surface area contributed by atoms with Crippen LogP contribution in [-0.2, 0) is 15.7 Å². The lowest BCUT2D eigenvalue weighted by atomic mass is 9.78. The molecular weight excluding hydrogens is 343 g/mol. The van der Waals surface area contributed by atoms with Gasteiger partial charge in [-0.05, 0) is 39.3 Å². The van der Waals surface area contributed by atoms with Gasteiger partial charge < -0.3 is 14.5 Å². The molecule has 0 aliphatic carbocycles. The molecule has 138 valence electrons. The molecule has 25 heavy (non-hydrogen) atoms. The molecular formula is C15H18F3N3O4. The molecule has 1 aromatic rings. The third-order valence-corrected chi connectivity index (χ3v) is 4.65. The number of alkyl halides is 3. The standard InChI is InChI=1S/C15H18F3N3O4/c1-2-24-11(22)9-10(15(16,17)18)20-13(25-9)21-8-5-14(12(21)23)3-6-19-7-4-14/h19H,2-8H2,1H3. The Morgan fingerprint density at radius 3 is 2.64 bits per heavy atom. The first-order valence-corrected chi connectivity index (χ1v) is 8.06. The molecule has 0 aromatic carbocycles. The van der Waals surface area contributed by atoms with E-state index in [0.29, 0.717) is 32.4 Å². The van der Waals surface area contributed by atoms with Gasteiger partial charge in [-0.1, -0.05) is 0 Å². The van der Waals surface area contributed by atoms with E-state index in [9.17, 15) is 22.8 Å². The quantitative estimate of drug-likeness (QED) is 0.829. The monoisotopic (exact) mass is 361 g/mol. The summed E-state index contributed by atoms with van der Waals surface area (Å²) in [7, 11) is 0. The molecule has 0 unspecified atom stereocenters. The number of hydrogen-bond donors (Lipinski definition) is 1. The summed E-state index contributed by atoms with van der Waals surface area (Å²) in [5, 5.41) is 3.15. The van der Waals surface area contributed by atoms with Crippen molar-refractivity contribution in [1.29, 1.82) is 0 Å². The summed E-state index contributed by atoms with van der Waals surface area (Å²) in [5.41, 5.74) is -2.07. The van der Waals surface area contributed by atoms with Crippen molar-refractivity contribution < 1.29 is 31.9 Å². The Balaban J connectivity index is 1.93. The van der Waals surface area contributed by atoms with Gasteiger partial charge in [0.25, 0.3) is 0 Å². The third kappa shape index (κ3) is 3.10. The Morgan fingerprint density at radius 2 is 2.04 bits per heavy atom. The number of nitrogens with zero attached hydrogens (tertiary/aromatic N) is 2. The number of nitrogens with one attached hydrogen (secondary N) is 1. The Hall–Kier alpha value is -2.10. The number of halogens is 3. The van der Waals surface area contributed by atoms with E-state index in [1.54, 1.807) is 0 Å². The van der Waals surface area contributed by atoms with E-state index in [4.69, 9.17) is 4.42 Å². The Kier molecular flexibility index (Phi) is 4.48. The zero-order valence-electron chi connectivity index (χ0n) is 13.6. The van der Waals surface area contributed by atoms with Gasteiger partial charge in [-0.3, -0.25) is 9.69 Å². The average molecular weight is 361 g/mol. The van der Waals surface area contributed by atoms with Crippen LogP contribution in [-0.4, -0.2) is 43.1 Å². The number of carbonyl (C=O) groups is 2. The van der Waals surface area contributed by atoms with Crippen molar-refractivity contribution in [2.45, 2.75) is 32.4 Å². The Morgan fingerprint density at radius 1 is 1.36 bits per heavy atom. The van der Waals surface area contributed by atoms with E-state index >= 15 is 0 Å². The molecule has 10 heteroatoms. The summed E-state index contributed by atoms with van der Waals surface area (Å²) in [6.07, 6.45) is -3.15. The molecule has 7 nitrogen and oxygen atoms in total. The smallest absolute Gasteiger partial charge is 0.437 e. The molecule has 1 spiro atoms. The van der Waals surface area contributed by atoms with Crippen molar-refractivity contribution in [2.75, 3.05) is 31.1 Å². The fourth-order valence-electron chi connectivity index (χ4n) is 3.32. The molecule has 0 bridgehead atoms. The minimum absolute atomic E-state index is 0.106. The van der Waals surface area contributed by atoms with Crippen LogP contribution in [0.4, 0.5) is 19.2 Å². The van der Waals surface area contributed by atoms with Crippen LogP contribution in [0.25, 0.3) is 0 Å². The van der Waals surface area contributed by atoms with E-state index in [1.165, 1.54) is 6.92 Å². The molecule has 3 heterocycles. The van der Waals surface area contributed by atoms with Gasteiger partial charge >= 0.3 is 18.2 Å². The number of anilines is 1. The molecule has 3 rings (SSSR count). The minimum Gasteiger partial charge on any atom is -0.460 e. The highest BCUT2D eigenvalue weighted by molar-refractivity contribution is 5.99. The van der Waals surface area contributed by atoms with Crippen LogP contribution in [0.3, 0.4) is 0 Å². The predicted octanol–water partition coefficient (Wildman–Crippen LogP) is 1.98. The average Bonchev–Trinajstić information content (AvgIpc) is 3.12. The summed E-state index contributed by atoms with van der Waals surface area (Å²) in [6, 6.07) is -0.504. The van der Waals surface area contributed by atoms with Crippen LogP contribution in [0, 0.1) is 5.41 Å². The van der Waals surface area contributed by atoms with E-state index in [1.807, 2.05) is 0 Å². The third-order valence-electron chi connectivity index (χ3n) is 4.65. The van der Waals surface area contributed by atoms with Crippen molar-refractivity contribution >= 4 is 17.9 Å². The van der Waals surface area contributed by atoms with Crippen molar-refractivity contribution in [3.8, 4) is 0 Å². The van der Waals surface area contributed by atoms with Gasteiger partial charge in [0.15, 0.2) is 5.69 Å². The first-order chi connectivity index (χ1) is 11.8. The zero-order valence-corrected chi connectivity index (χ0v) is 13.6. The molecule has 2 aliphatic heterocycles. The SMILES string of the molecule is CCOC(=O)c1oc(N2CCC3(CCNCC3)C2=O)nc1C(F)(F)F. The highest BCUT2D eigenvalue weighted by Crippen LogP contribution is 2.43. The first-order valence-electron chi connectivity index (χ1n) is 8.06. The van der Waals surface area contributed by atoms with E-state index in [-0.39, 0.29) is 19.1 Å². The molecule has 0 saturated carbocycles. The zero-order chi connectivity index (χ0) is 18.2. The van der Waals surface area contributed by atoms with Crippen molar-refractivity contribution in [1.82, 2.24) is 10.3 Å². The number of esters is 1. The number of piperidine rings is 1. The molecule has 2 fully saturated rings. The molecule has 1 aromatic heterocycles. The lowest BCUT2D eigenvalue weighted by molar-refractivity contribution is -0.141. The molecule has 2 aliphatic rings. The fourth-order valence-corrected chi connectivity index (χ4v) is 3.32. The second-order valence-electron chi connectivity index (χ2n) is 6.13. The molecule has 1 amide bonds. The Labute approximate surface area is 141 Å². The topological polar surface area (TPSA) is 84.7 Å². The van der Waals surface area contributed by atoms with Crippen LogP contribution in [0.2, 0.25) is 0 Å². The predicted molar refractivity (Wildman–Crippen MR) is 79.0 cm³/mol. The number of aromatic nitrogens is 1. The number of oxazole rings is 1. The van der Waals surface area contributed by atoms with Gasteiger partial charge in [-0.15, -0.1) is 0 Å². The van der Waals surface area contributed by atoms with Crippen LogP contribution in [0.1, 0.15) is 42.4 Å². The van der Waals surface area contributed by atoms with Crippen LogP contribution >= 0.6 is 0 Å². The summed E-state index contributed by atoms with van der Waals surface area (Å²) in [4.78, 5) is 29.0. The summed E-state index contributed by atoms with van der Waals surface area (Å²) in [6.45, 7) is 2.91. The number of carbonyl (C=O) groups excluding carboxylic acids is 2.